The number of benzene rings is 2. The first-order chi connectivity index (χ1) is 15.8. The molecule has 2 aromatic rings. The number of nitrogens with one attached hydrogen (secondary N) is 1. The minimum absolute atomic E-state index is 0.0117. The Bertz CT molecular complexity index is 1450. The summed E-state index contributed by atoms with van der Waals surface area (Å²) in [5.74, 6) is 9.90. The Hall–Kier alpha value is -3.88. The number of ether oxygens (including phenoxy) is 1. The molecule has 0 saturated carbocycles. The van der Waals surface area contributed by atoms with Gasteiger partial charge in [0, 0.05) is 16.7 Å². The number of rotatable bonds is 1. The molecule has 0 spiro atoms. The zero-order valence-corrected chi connectivity index (χ0v) is 17.3. The van der Waals surface area contributed by atoms with E-state index in [4.69, 9.17) is 4.74 Å². The predicted molar refractivity (Wildman–Crippen MR) is 117 cm³/mol. The maximum absolute atomic E-state index is 13.6. The molecule has 1 saturated heterocycles. The van der Waals surface area contributed by atoms with Crippen molar-refractivity contribution < 1.29 is 29.6 Å². The maximum Gasteiger partial charge on any atom is 0.198 e. The standard InChI is InChI=1S/C26H17NO6/c1-13(28)25-18-10-4-2-3-5-11-19(30)26(25,33-25)16-12-17(29)20-21(22(16)27-18)24(32)15-9-7-6-8-14(15)23(20)31/h2-3,6-9,12-13,18-19,27-30H,1H3. The van der Waals surface area contributed by atoms with Gasteiger partial charge in [0.25, 0.3) is 0 Å². The number of epoxide rings is 1. The molecule has 0 amide bonds. The quantitative estimate of drug-likeness (QED) is 0.256. The van der Waals surface area contributed by atoms with Crippen molar-refractivity contribution >= 4 is 17.3 Å². The minimum Gasteiger partial charge on any atom is -0.507 e. The third kappa shape index (κ3) is 2.21. The number of fused-ring (bicyclic) bond motifs is 4. The largest absolute Gasteiger partial charge is 0.507 e. The number of carbonyl (C=O) groups is 2. The molecule has 2 aliphatic heterocycles. The third-order valence-corrected chi connectivity index (χ3v) is 6.87. The van der Waals surface area contributed by atoms with Gasteiger partial charge in [-0.25, -0.2) is 0 Å². The number of aliphatic hydroxyl groups excluding tert-OH is 2. The van der Waals surface area contributed by atoms with Crippen LogP contribution < -0.4 is 5.32 Å². The second kappa shape index (κ2) is 6.34. The van der Waals surface area contributed by atoms with E-state index in [1.165, 1.54) is 25.1 Å². The van der Waals surface area contributed by atoms with Crippen LogP contribution in [0.5, 0.6) is 5.75 Å². The zero-order chi connectivity index (χ0) is 23.1. The van der Waals surface area contributed by atoms with Crippen molar-refractivity contribution in [1.82, 2.24) is 0 Å². The first-order valence-electron chi connectivity index (χ1n) is 10.4. The Labute approximate surface area is 188 Å². The van der Waals surface area contributed by atoms with Gasteiger partial charge in [-0.3, -0.25) is 9.59 Å². The maximum atomic E-state index is 13.6. The van der Waals surface area contributed by atoms with Crippen LogP contribution in [0.3, 0.4) is 0 Å². The number of ketones is 2. The number of phenolic OH excluding ortho intramolecular Hbond substituents is 1. The second-order valence-electron chi connectivity index (χ2n) is 8.47. The van der Waals surface area contributed by atoms with Crippen molar-refractivity contribution in [3.8, 4) is 29.4 Å². The summed E-state index contributed by atoms with van der Waals surface area (Å²) in [5, 5.41) is 36.0. The van der Waals surface area contributed by atoms with Gasteiger partial charge < -0.3 is 25.4 Å². The van der Waals surface area contributed by atoms with E-state index in [1.54, 1.807) is 24.3 Å². The lowest BCUT2D eigenvalue weighted by Gasteiger charge is -2.37. The fraction of sp³-hybridized carbons (Fsp3) is 0.231. The van der Waals surface area contributed by atoms with Crippen LogP contribution in [-0.4, -0.2) is 50.7 Å². The van der Waals surface area contributed by atoms with Gasteiger partial charge in [-0.2, -0.15) is 0 Å². The molecule has 33 heavy (non-hydrogen) atoms. The Morgan fingerprint density at radius 1 is 1.06 bits per heavy atom. The van der Waals surface area contributed by atoms with Crippen LogP contribution in [0.15, 0.2) is 42.5 Å². The van der Waals surface area contributed by atoms with Crippen LogP contribution in [0, 0.1) is 23.7 Å². The molecule has 5 atom stereocenters. The van der Waals surface area contributed by atoms with Crippen LogP contribution in [0.1, 0.15) is 44.3 Å². The lowest BCUT2D eigenvalue weighted by molar-refractivity contribution is 0.0867. The molecule has 2 aromatic carbocycles. The number of phenols is 1. The SMILES string of the molecule is CC(O)C12OC13c1cc(O)c4c(c1NC2C#CC=CC#CC3O)C(=O)c1ccccc1C4=O. The van der Waals surface area contributed by atoms with E-state index in [-0.39, 0.29) is 33.5 Å². The van der Waals surface area contributed by atoms with Crippen LogP contribution in [0.2, 0.25) is 0 Å². The Morgan fingerprint density at radius 2 is 1.70 bits per heavy atom. The fourth-order valence-corrected chi connectivity index (χ4v) is 5.39. The van der Waals surface area contributed by atoms with Gasteiger partial charge in [-0.1, -0.05) is 47.9 Å². The van der Waals surface area contributed by atoms with Gasteiger partial charge in [0.2, 0.25) is 0 Å². The number of hydrogen-bond acceptors (Lipinski definition) is 7. The molecule has 7 nitrogen and oxygen atoms in total. The highest BCUT2D eigenvalue weighted by atomic mass is 16.7. The summed E-state index contributed by atoms with van der Waals surface area (Å²) in [5.41, 5.74) is -2.18. The predicted octanol–water partition coefficient (Wildman–Crippen LogP) is 1.24. The molecule has 2 aliphatic carbocycles. The van der Waals surface area contributed by atoms with Gasteiger partial charge in [-0.15, -0.1) is 0 Å². The van der Waals surface area contributed by atoms with Crippen molar-refractivity contribution in [3.63, 3.8) is 0 Å². The molecular formula is C26H17NO6. The Kier molecular flexibility index (Phi) is 3.80. The monoisotopic (exact) mass is 439 g/mol. The van der Waals surface area contributed by atoms with E-state index in [9.17, 15) is 24.9 Å². The van der Waals surface area contributed by atoms with Gasteiger partial charge in [0.1, 0.15) is 11.8 Å². The minimum atomic E-state index is -1.56. The van der Waals surface area contributed by atoms with Gasteiger partial charge in [-0.05, 0) is 25.1 Å². The van der Waals surface area contributed by atoms with Crippen molar-refractivity contribution in [2.24, 2.45) is 0 Å². The topological polar surface area (TPSA) is 119 Å². The summed E-state index contributed by atoms with van der Waals surface area (Å²) in [6.45, 7) is 1.52. The summed E-state index contributed by atoms with van der Waals surface area (Å²) < 4.78 is 6.12. The van der Waals surface area contributed by atoms with Crippen molar-refractivity contribution in [3.05, 3.63) is 70.3 Å². The summed E-state index contributed by atoms with van der Waals surface area (Å²) in [6, 6.07) is 6.88. The summed E-state index contributed by atoms with van der Waals surface area (Å²) in [7, 11) is 0. The van der Waals surface area contributed by atoms with Gasteiger partial charge >= 0.3 is 0 Å². The van der Waals surface area contributed by atoms with Crippen LogP contribution in [-0.2, 0) is 10.3 Å². The highest BCUT2D eigenvalue weighted by Gasteiger charge is 2.82. The Morgan fingerprint density at radius 3 is 2.36 bits per heavy atom. The number of allylic oxidation sites excluding steroid dienone is 2. The van der Waals surface area contributed by atoms with Gasteiger partial charge in [0.15, 0.2) is 28.9 Å². The van der Waals surface area contributed by atoms with E-state index in [2.05, 4.69) is 29.0 Å². The number of hydrogen-bond donors (Lipinski definition) is 4. The molecule has 1 fully saturated rings. The zero-order valence-electron chi connectivity index (χ0n) is 17.3. The van der Waals surface area contributed by atoms with E-state index < -0.39 is 46.8 Å². The summed E-state index contributed by atoms with van der Waals surface area (Å²) >= 11 is 0. The molecule has 4 N–H and O–H groups in total. The first-order valence-corrected chi connectivity index (χ1v) is 10.4. The van der Waals surface area contributed by atoms with E-state index in [0.29, 0.717) is 0 Å². The number of aliphatic hydroxyl groups is 2. The van der Waals surface area contributed by atoms with Crippen molar-refractivity contribution in [2.75, 3.05) is 5.32 Å². The molecule has 7 heteroatoms. The molecule has 2 bridgehead atoms. The molecule has 5 unspecified atom stereocenters. The molecule has 162 valence electrons. The normalized spacial score (nSPS) is 30.6. The van der Waals surface area contributed by atoms with E-state index >= 15 is 0 Å². The van der Waals surface area contributed by atoms with E-state index in [0.717, 1.165) is 0 Å². The Balaban J connectivity index is 1.69. The fourth-order valence-electron chi connectivity index (χ4n) is 5.39. The van der Waals surface area contributed by atoms with Crippen molar-refractivity contribution in [2.45, 2.75) is 36.4 Å². The number of anilines is 1. The molecule has 2 heterocycles. The smallest absolute Gasteiger partial charge is 0.198 e. The average molecular weight is 439 g/mol. The summed E-state index contributed by atoms with van der Waals surface area (Å²) in [6.07, 6.45) is 0.511. The summed E-state index contributed by atoms with van der Waals surface area (Å²) in [4.78, 5) is 26.8. The second-order valence-corrected chi connectivity index (χ2v) is 8.47. The average Bonchev–Trinajstić information content (AvgIpc) is 3.53. The van der Waals surface area contributed by atoms with Crippen molar-refractivity contribution in [1.29, 1.82) is 0 Å². The van der Waals surface area contributed by atoms with Crippen LogP contribution in [0.4, 0.5) is 5.69 Å². The first kappa shape index (κ1) is 19.8. The highest BCUT2D eigenvalue weighted by molar-refractivity contribution is 6.31. The number of carbonyl (C=O) groups excluding carboxylic acids is 2. The molecule has 6 rings (SSSR count). The van der Waals surface area contributed by atoms with Crippen LogP contribution >= 0.6 is 0 Å². The molecule has 0 radical (unpaired) electrons. The van der Waals surface area contributed by atoms with E-state index in [1.807, 2.05) is 0 Å². The van der Waals surface area contributed by atoms with Crippen LogP contribution in [0.25, 0.3) is 0 Å². The highest BCUT2D eigenvalue weighted by Crippen LogP contribution is 2.67. The lowest BCUT2D eigenvalue weighted by atomic mass is 9.69. The number of aromatic hydroxyl groups is 1. The lowest BCUT2D eigenvalue weighted by Crippen LogP contribution is -2.54. The van der Waals surface area contributed by atoms with Gasteiger partial charge in [0.05, 0.1) is 22.9 Å². The molecule has 4 aliphatic rings. The molecular weight excluding hydrogens is 422 g/mol. The molecule has 0 aromatic heterocycles. The third-order valence-electron chi connectivity index (χ3n) is 6.87.